The van der Waals surface area contributed by atoms with E-state index >= 15 is 0 Å². The second-order valence-corrected chi connectivity index (χ2v) is 4.92. The van der Waals surface area contributed by atoms with Gasteiger partial charge in [0, 0.05) is 19.3 Å². The normalized spacial score (nSPS) is 10.6. The van der Waals surface area contributed by atoms with Gasteiger partial charge in [0.05, 0.1) is 12.8 Å². The van der Waals surface area contributed by atoms with Crippen LogP contribution < -0.4 is 10.1 Å². The van der Waals surface area contributed by atoms with Crippen molar-refractivity contribution in [3.63, 3.8) is 0 Å². The summed E-state index contributed by atoms with van der Waals surface area (Å²) in [5, 5.41) is 3.37. The van der Waals surface area contributed by atoms with Crippen molar-refractivity contribution in [2.75, 3.05) is 19.0 Å². The van der Waals surface area contributed by atoms with Crippen LogP contribution in [0.15, 0.2) is 30.5 Å². The minimum Gasteiger partial charge on any atom is -0.497 e. The summed E-state index contributed by atoms with van der Waals surface area (Å²) in [6.45, 7) is 6.07. The fraction of sp³-hybridized carbons (Fsp3) is 0.438. The molecule has 0 radical (unpaired) electrons. The third-order valence-corrected chi connectivity index (χ3v) is 3.23. The van der Waals surface area contributed by atoms with E-state index in [1.54, 1.807) is 7.11 Å². The number of methoxy groups -OCH3 is 1. The van der Waals surface area contributed by atoms with Crippen LogP contribution >= 0.6 is 0 Å². The van der Waals surface area contributed by atoms with Gasteiger partial charge in [-0.3, -0.25) is 0 Å². The van der Waals surface area contributed by atoms with Gasteiger partial charge in [-0.1, -0.05) is 19.1 Å². The van der Waals surface area contributed by atoms with Crippen molar-refractivity contribution >= 4 is 5.95 Å². The number of hydrogen-bond acceptors (Lipinski definition) is 3. The van der Waals surface area contributed by atoms with Crippen LogP contribution in [0.4, 0.5) is 5.95 Å². The third kappa shape index (κ3) is 3.76. The van der Waals surface area contributed by atoms with Crippen LogP contribution in [0.1, 0.15) is 24.6 Å². The van der Waals surface area contributed by atoms with Gasteiger partial charge in [-0.25, -0.2) is 4.98 Å². The van der Waals surface area contributed by atoms with E-state index in [0.717, 1.165) is 43.3 Å². The van der Waals surface area contributed by atoms with Gasteiger partial charge in [-0.2, -0.15) is 0 Å². The largest absolute Gasteiger partial charge is 0.497 e. The molecule has 4 nitrogen and oxygen atoms in total. The summed E-state index contributed by atoms with van der Waals surface area (Å²) in [5.74, 6) is 1.87. The summed E-state index contributed by atoms with van der Waals surface area (Å²) in [6, 6.07) is 8.24. The molecule has 0 aliphatic heterocycles. The number of imidazole rings is 1. The Labute approximate surface area is 120 Å². The van der Waals surface area contributed by atoms with Crippen molar-refractivity contribution < 1.29 is 4.74 Å². The van der Waals surface area contributed by atoms with Crippen LogP contribution in [0, 0.1) is 6.92 Å². The zero-order valence-electron chi connectivity index (χ0n) is 12.5. The van der Waals surface area contributed by atoms with Gasteiger partial charge in [-0.05, 0) is 37.5 Å². The first kappa shape index (κ1) is 14.4. The highest BCUT2D eigenvalue weighted by molar-refractivity contribution is 5.30. The minimum atomic E-state index is 0.900. The van der Waals surface area contributed by atoms with E-state index in [-0.39, 0.29) is 0 Å². The minimum absolute atomic E-state index is 0.900. The summed E-state index contributed by atoms with van der Waals surface area (Å²) in [6.07, 6.45) is 4.19. The molecule has 0 atom stereocenters. The predicted molar refractivity (Wildman–Crippen MR) is 82.4 cm³/mol. The van der Waals surface area contributed by atoms with Crippen LogP contribution in [0.25, 0.3) is 0 Å². The van der Waals surface area contributed by atoms with E-state index in [9.17, 15) is 0 Å². The number of ether oxygens (including phenoxy) is 1. The molecule has 0 bridgehead atoms. The molecule has 2 aromatic rings. The van der Waals surface area contributed by atoms with Crippen LogP contribution in [0.3, 0.4) is 0 Å². The topological polar surface area (TPSA) is 39.1 Å². The Morgan fingerprint density at radius 2 is 2.00 bits per heavy atom. The molecule has 0 spiro atoms. The maximum absolute atomic E-state index is 5.17. The number of nitrogens with zero attached hydrogens (tertiary/aromatic N) is 2. The van der Waals surface area contributed by atoms with Gasteiger partial charge in [0.1, 0.15) is 5.75 Å². The highest BCUT2D eigenvalue weighted by atomic mass is 16.5. The van der Waals surface area contributed by atoms with Crippen LogP contribution in [0.2, 0.25) is 0 Å². The highest BCUT2D eigenvalue weighted by Crippen LogP contribution is 2.14. The molecule has 1 heterocycles. The summed E-state index contributed by atoms with van der Waals surface area (Å²) in [4.78, 5) is 4.52. The molecule has 20 heavy (non-hydrogen) atoms. The molecule has 0 fully saturated rings. The lowest BCUT2D eigenvalue weighted by Crippen LogP contribution is -2.09. The molecule has 0 saturated carbocycles. The predicted octanol–water partition coefficient (Wildman–Crippen LogP) is 3.26. The fourth-order valence-corrected chi connectivity index (χ4v) is 2.14. The number of hydrogen-bond donors (Lipinski definition) is 1. The van der Waals surface area contributed by atoms with Crippen molar-refractivity contribution in [2.45, 2.75) is 33.2 Å². The summed E-state index contributed by atoms with van der Waals surface area (Å²) in [5.41, 5.74) is 2.36. The monoisotopic (exact) mass is 273 g/mol. The maximum atomic E-state index is 5.17. The molecule has 108 valence electrons. The Bertz CT molecular complexity index is 531. The van der Waals surface area contributed by atoms with E-state index < -0.39 is 0 Å². The van der Waals surface area contributed by atoms with E-state index in [4.69, 9.17) is 4.74 Å². The van der Waals surface area contributed by atoms with Crippen molar-refractivity contribution in [1.82, 2.24) is 9.55 Å². The van der Waals surface area contributed by atoms with Gasteiger partial charge < -0.3 is 14.6 Å². The summed E-state index contributed by atoms with van der Waals surface area (Å²) in [7, 11) is 1.69. The number of anilines is 1. The first-order chi connectivity index (χ1) is 9.72. The van der Waals surface area contributed by atoms with E-state index in [1.165, 1.54) is 5.56 Å². The zero-order valence-corrected chi connectivity index (χ0v) is 12.5. The average molecular weight is 273 g/mol. The smallest absolute Gasteiger partial charge is 0.203 e. The SMILES string of the molecule is CCCNc1nc(C)cn1CCc1ccc(OC)cc1. The van der Waals surface area contributed by atoms with Crippen LogP contribution in [-0.2, 0) is 13.0 Å². The molecule has 1 aromatic carbocycles. The molecule has 1 aromatic heterocycles. The fourth-order valence-electron chi connectivity index (χ4n) is 2.14. The molecule has 2 rings (SSSR count). The quantitative estimate of drug-likeness (QED) is 0.841. The number of rotatable bonds is 7. The van der Waals surface area contributed by atoms with E-state index in [1.807, 2.05) is 19.1 Å². The average Bonchev–Trinajstić information content (AvgIpc) is 2.83. The number of benzene rings is 1. The molecular weight excluding hydrogens is 250 g/mol. The Morgan fingerprint density at radius 3 is 2.65 bits per heavy atom. The Kier molecular flexibility index (Phi) is 5.04. The van der Waals surface area contributed by atoms with Crippen molar-refractivity contribution in [3.05, 3.63) is 41.7 Å². The molecule has 1 N–H and O–H groups in total. The summed E-state index contributed by atoms with van der Waals surface area (Å²) < 4.78 is 7.36. The number of aryl methyl sites for hydroxylation is 3. The van der Waals surface area contributed by atoms with Crippen molar-refractivity contribution in [3.8, 4) is 5.75 Å². The van der Waals surface area contributed by atoms with Crippen molar-refractivity contribution in [1.29, 1.82) is 0 Å². The van der Waals surface area contributed by atoms with Gasteiger partial charge in [-0.15, -0.1) is 0 Å². The van der Waals surface area contributed by atoms with Gasteiger partial charge >= 0.3 is 0 Å². The molecule has 0 saturated heterocycles. The first-order valence-corrected chi connectivity index (χ1v) is 7.13. The lowest BCUT2D eigenvalue weighted by Gasteiger charge is -2.09. The second-order valence-electron chi connectivity index (χ2n) is 4.92. The Hall–Kier alpha value is -1.97. The zero-order chi connectivity index (χ0) is 14.4. The van der Waals surface area contributed by atoms with Gasteiger partial charge in [0.15, 0.2) is 0 Å². The molecule has 0 amide bonds. The maximum Gasteiger partial charge on any atom is 0.203 e. The van der Waals surface area contributed by atoms with Crippen LogP contribution in [-0.4, -0.2) is 23.2 Å². The molecule has 0 aliphatic rings. The lowest BCUT2D eigenvalue weighted by atomic mass is 10.1. The number of nitrogens with one attached hydrogen (secondary N) is 1. The number of aromatic nitrogens is 2. The standard InChI is InChI=1S/C16H23N3O/c1-4-10-17-16-18-13(2)12-19(16)11-9-14-5-7-15(20-3)8-6-14/h5-8,12H,4,9-11H2,1-3H3,(H,17,18). The van der Waals surface area contributed by atoms with Crippen LogP contribution in [0.5, 0.6) is 5.75 Å². The third-order valence-electron chi connectivity index (χ3n) is 3.23. The van der Waals surface area contributed by atoms with E-state index in [2.05, 4.69) is 40.1 Å². The lowest BCUT2D eigenvalue weighted by molar-refractivity contribution is 0.414. The molecule has 0 aliphatic carbocycles. The van der Waals surface area contributed by atoms with E-state index in [0.29, 0.717) is 0 Å². The van der Waals surface area contributed by atoms with Crippen molar-refractivity contribution in [2.24, 2.45) is 0 Å². The molecule has 0 unspecified atom stereocenters. The Balaban J connectivity index is 1.98. The van der Waals surface area contributed by atoms with Gasteiger partial charge in [0.25, 0.3) is 0 Å². The van der Waals surface area contributed by atoms with Gasteiger partial charge in [0.2, 0.25) is 5.95 Å². The Morgan fingerprint density at radius 1 is 1.25 bits per heavy atom. The second kappa shape index (κ2) is 6.98. The first-order valence-electron chi connectivity index (χ1n) is 7.13. The summed E-state index contributed by atoms with van der Waals surface area (Å²) >= 11 is 0. The molecule has 4 heteroatoms. The molecular formula is C16H23N3O. The highest BCUT2D eigenvalue weighted by Gasteiger charge is 2.05.